The van der Waals surface area contributed by atoms with Crippen molar-refractivity contribution in [3.05, 3.63) is 445 Å². The molecule has 0 radical (unpaired) electrons. The van der Waals surface area contributed by atoms with E-state index in [4.69, 9.17) is 4.74 Å². The highest BCUT2D eigenvalue weighted by Crippen LogP contribution is 2.66. The van der Waals surface area contributed by atoms with E-state index in [2.05, 4.69) is 450 Å². The molecule has 0 unspecified atom stereocenters. The lowest BCUT2D eigenvalue weighted by Crippen LogP contribution is -2.64. The van der Waals surface area contributed by atoms with Crippen LogP contribution in [0.5, 0.6) is 11.5 Å². The van der Waals surface area contributed by atoms with Gasteiger partial charge in [-0.05, 0) is 245 Å². The van der Waals surface area contributed by atoms with Crippen LogP contribution < -0.4 is 52.2 Å². The Balaban J connectivity index is 0.806. The number of hydrogen-bond acceptors (Lipinski definition) is 4. The maximum atomic E-state index is 10.3. The van der Waals surface area contributed by atoms with Gasteiger partial charge in [-0.2, -0.15) is 0 Å². The predicted molar refractivity (Wildman–Crippen MR) is 576 cm³/mol. The maximum Gasteiger partial charge on any atom is 0.256 e. The van der Waals surface area contributed by atoms with Gasteiger partial charge in [-0.3, -0.25) is 0 Å². The van der Waals surface area contributed by atoms with Crippen LogP contribution in [0, 0.1) is 0 Å². The summed E-state index contributed by atoms with van der Waals surface area (Å²) in [5.41, 5.74) is 37.3. The summed E-state index contributed by atoms with van der Waals surface area (Å²) in [4.78, 5) is 7.49. The highest BCUT2D eigenvalue weighted by atomic mass is 16.5. The molecule has 7 heteroatoms. The van der Waals surface area contributed by atoms with Crippen molar-refractivity contribution >= 4 is 130 Å². The fraction of sp³-hybridized carbons (Fsp3) is 0.132. The second kappa shape index (κ2) is 29.8. The summed E-state index contributed by atoms with van der Waals surface area (Å²) < 4.78 is 88.9. The summed E-state index contributed by atoms with van der Waals surface area (Å²) in [7, 11) is 0. The van der Waals surface area contributed by atoms with Gasteiger partial charge in [0.15, 0.2) is 0 Å². The van der Waals surface area contributed by atoms with Crippen LogP contribution in [0.15, 0.2) is 400 Å². The molecule has 2 aliphatic carbocycles. The molecule has 650 valence electrons. The molecule has 0 N–H and O–H groups in total. The van der Waals surface area contributed by atoms with Crippen molar-refractivity contribution in [2.75, 3.05) is 14.7 Å². The molecule has 5 nitrogen and oxygen atoms in total. The van der Waals surface area contributed by atoms with Crippen LogP contribution >= 0.6 is 0 Å². The molecule has 26 rings (SSSR count). The number of rotatable bonds is 9. The van der Waals surface area contributed by atoms with Gasteiger partial charge in [0, 0.05) is 78.6 Å². The van der Waals surface area contributed by atoms with Crippen molar-refractivity contribution in [2.24, 2.45) is 0 Å². The fourth-order valence-corrected chi connectivity index (χ4v) is 23.6. The van der Waals surface area contributed by atoms with Gasteiger partial charge in [0.2, 0.25) is 0 Å². The summed E-state index contributed by atoms with van der Waals surface area (Å²) >= 11 is 0. The average molecular weight is 1750 g/mol. The monoisotopic (exact) mass is 1750 g/mol. The third kappa shape index (κ3) is 12.1. The fourth-order valence-electron chi connectivity index (χ4n) is 23.6. The molecule has 0 amide bonds. The summed E-state index contributed by atoms with van der Waals surface area (Å²) in [5, 5.41) is 2.01. The van der Waals surface area contributed by atoms with Crippen LogP contribution in [0.3, 0.4) is 0 Å². The van der Waals surface area contributed by atoms with Crippen molar-refractivity contribution in [1.82, 2.24) is 4.57 Å². The Hall–Kier alpha value is -15.4. The van der Waals surface area contributed by atoms with Gasteiger partial charge in [0.05, 0.1) is 50.2 Å². The van der Waals surface area contributed by atoms with E-state index in [9.17, 15) is 11.0 Å². The largest absolute Gasteiger partial charge is 0.458 e. The van der Waals surface area contributed by atoms with Crippen molar-refractivity contribution in [1.29, 1.82) is 0 Å². The Morgan fingerprint density at radius 2 is 0.676 bits per heavy atom. The molecular weight excluding hydrogens is 1640 g/mol. The van der Waals surface area contributed by atoms with Crippen molar-refractivity contribution in [3.8, 4) is 95.1 Å². The number of aromatic nitrogens is 1. The minimum absolute atomic E-state index is 0.0138. The SMILES string of the molecule is [2H]c1c([2H])c([2H])c2c(c1[2H])c1c([2H])c([2H])c([2H])c([2H])c1n2-c1cc2c3c(c1)N(c1c(-c4ccccc4)cc(C(C)(C)C)cc1-c1ccccc1)c1ccccc1B3c1cc3c(cc1N2c1cc(C(C)(C)C)cc(C(C)(C)C)c1)Oc1cc2cc(-c4cccc5c4C4(c6ccccc6-c6ccccc64)c4ccccc4-5)ccc2c2c1B3c1ccccc1N2c1c(-c2ccccc2)cc(C(C)(C)C)cc1-c1ccccc1. The molecule has 0 saturated heterocycles. The third-order valence-corrected chi connectivity index (χ3v) is 30.0. The maximum absolute atomic E-state index is 10.3. The zero-order chi connectivity index (χ0) is 98.9. The van der Waals surface area contributed by atoms with Crippen LogP contribution in [0.2, 0.25) is 0 Å². The standard InChI is InChI=1S/C129H102B2N4O/c1-125(2,3)85-68-86(126(4,5)6)70-89(69-85)133-114-78-117-109(77-108(114)130-106-58-33-37-62-112(106)134(116-76-90(75-115(133)120(116)130)132-110-60-35-28-51-96(110)97-52-29-36-61-111(97)132)122-99(79-40-17-13-18-41-79)71-87(127(7,8)9)72-100(122)80-42-19-14-20-43-80)131-107-59-34-38-63-113(107)135(123-101(81-44-21-15-22-45-81)73-88(128(10,11)12)74-102(123)82-46-23-16-24-47-82)124-92-65-64-83(66-84(92)67-118(136-117)121(124)131)91-53-39-54-98-95-50-27-32-57-105(95)129(119(91)98)103-55-30-25-48-93(103)94-49-26-31-56-104(94)129/h13-78H,1-12H3/i28D,29D,35D,36D,51D,52D,60D,61D. The first kappa shape index (κ1) is 73.1. The first-order chi connectivity index (χ1) is 69.3. The van der Waals surface area contributed by atoms with E-state index in [0.717, 1.165) is 167 Å². The minimum atomic E-state index is -0.652. The van der Waals surface area contributed by atoms with Crippen LogP contribution in [0.25, 0.3) is 116 Å². The molecule has 0 fully saturated rings. The molecule has 1 spiro atoms. The second-order valence-corrected chi connectivity index (χ2v) is 42.0. The number of ether oxygens (including phenoxy) is 1. The van der Waals surface area contributed by atoms with E-state index in [-0.39, 0.29) is 32.6 Å². The van der Waals surface area contributed by atoms with E-state index >= 15 is 0 Å². The molecule has 1 aromatic heterocycles. The average Bonchev–Trinajstić information content (AvgIpc) is 1.46. The van der Waals surface area contributed by atoms with Gasteiger partial charge < -0.3 is 24.0 Å². The number of anilines is 9. The zero-order valence-corrected chi connectivity index (χ0v) is 78.3. The lowest BCUT2D eigenvalue weighted by Gasteiger charge is -2.46. The minimum Gasteiger partial charge on any atom is -0.458 e. The van der Waals surface area contributed by atoms with E-state index in [0.29, 0.717) is 17.2 Å². The van der Waals surface area contributed by atoms with Gasteiger partial charge in [-0.25, -0.2) is 0 Å². The van der Waals surface area contributed by atoms with Crippen molar-refractivity contribution in [2.45, 2.75) is 110 Å². The van der Waals surface area contributed by atoms with Gasteiger partial charge in [-0.1, -0.05) is 392 Å². The van der Waals surface area contributed by atoms with E-state index < -0.39 is 78.0 Å². The van der Waals surface area contributed by atoms with Crippen molar-refractivity contribution in [3.63, 3.8) is 0 Å². The normalized spacial score (nSPS) is 14.8. The number of benzene rings is 19. The summed E-state index contributed by atoms with van der Waals surface area (Å²) in [6.07, 6.45) is 0. The second-order valence-electron chi connectivity index (χ2n) is 42.0. The number of para-hydroxylation sites is 4. The molecular formula is C129H102B2N4O. The number of nitrogens with zero attached hydrogens (tertiary/aromatic N) is 4. The Bertz CT molecular complexity index is 8690. The first-order valence-electron chi connectivity index (χ1n) is 51.8. The van der Waals surface area contributed by atoms with Crippen LogP contribution in [0.1, 0.15) is 139 Å². The Kier molecular flexibility index (Phi) is 16.0. The smallest absolute Gasteiger partial charge is 0.256 e. The Morgan fingerprint density at radius 1 is 0.265 bits per heavy atom. The van der Waals surface area contributed by atoms with Crippen molar-refractivity contribution < 1.29 is 15.7 Å². The molecule has 0 bridgehead atoms. The van der Waals surface area contributed by atoms with Gasteiger partial charge in [-0.15, -0.1) is 0 Å². The van der Waals surface area contributed by atoms with Gasteiger partial charge in [0.25, 0.3) is 13.4 Å². The first-order valence-corrected chi connectivity index (χ1v) is 47.8. The molecule has 0 atom stereocenters. The lowest BCUT2D eigenvalue weighted by molar-refractivity contribution is 0.488. The Labute approximate surface area is 809 Å². The molecule has 19 aromatic carbocycles. The predicted octanol–water partition coefficient (Wildman–Crippen LogP) is 30.3. The Morgan fingerprint density at radius 3 is 1.18 bits per heavy atom. The molecule has 0 saturated carbocycles. The molecule has 6 aliphatic rings. The highest BCUT2D eigenvalue weighted by Gasteiger charge is 2.54. The number of fused-ring (bicyclic) bond motifs is 23. The molecule has 20 aromatic rings. The summed E-state index contributed by atoms with van der Waals surface area (Å²) in [6.45, 7) is 26.3. The molecule has 136 heavy (non-hydrogen) atoms. The number of hydrogen-bond donors (Lipinski definition) is 0. The lowest BCUT2D eigenvalue weighted by atomic mass is 9.30. The third-order valence-electron chi connectivity index (χ3n) is 30.0. The van der Waals surface area contributed by atoms with Crippen LogP contribution in [-0.4, -0.2) is 18.0 Å². The zero-order valence-electron chi connectivity index (χ0n) is 86.3. The molecule has 4 aliphatic heterocycles. The van der Waals surface area contributed by atoms with E-state index in [1.165, 1.54) is 50.1 Å². The molecule has 5 heterocycles. The van der Waals surface area contributed by atoms with E-state index in [1.807, 2.05) is 0 Å². The van der Waals surface area contributed by atoms with Crippen LogP contribution in [-0.2, 0) is 27.1 Å². The van der Waals surface area contributed by atoms with Crippen LogP contribution in [0.4, 0.5) is 51.2 Å². The summed E-state index contributed by atoms with van der Waals surface area (Å²) in [5.74, 6) is 1.37. The highest BCUT2D eigenvalue weighted by molar-refractivity contribution is 7.03. The quantitative estimate of drug-likeness (QED) is 0.134. The van der Waals surface area contributed by atoms with Gasteiger partial charge in [0.1, 0.15) is 11.5 Å². The van der Waals surface area contributed by atoms with Gasteiger partial charge >= 0.3 is 0 Å². The van der Waals surface area contributed by atoms with E-state index in [1.54, 1.807) is 4.57 Å². The summed E-state index contributed by atoms with van der Waals surface area (Å²) in [6, 6.07) is 127. The topological polar surface area (TPSA) is 23.9 Å².